The van der Waals surface area contributed by atoms with Gasteiger partial charge in [-0.25, -0.2) is 0 Å². The topological polar surface area (TPSA) is 108 Å². The molecule has 3 rings (SSSR count). The van der Waals surface area contributed by atoms with Gasteiger partial charge in [-0.1, -0.05) is 57.9 Å². The van der Waals surface area contributed by atoms with Gasteiger partial charge in [0.1, 0.15) is 6.10 Å². The molecule has 0 bridgehead atoms. The summed E-state index contributed by atoms with van der Waals surface area (Å²) < 4.78 is 23.2. The van der Waals surface area contributed by atoms with Crippen molar-refractivity contribution in [3.05, 3.63) is 36.0 Å². The number of ether oxygens (including phenoxy) is 4. The number of aliphatic hydroxyl groups excluding tert-OH is 1. The lowest BCUT2D eigenvalue weighted by Crippen LogP contribution is -2.63. The molecule has 38 heavy (non-hydrogen) atoms. The molecular formula is C30H44O8. The minimum atomic E-state index is -1.17. The van der Waals surface area contributed by atoms with Crippen molar-refractivity contribution in [1.29, 1.82) is 0 Å². The fourth-order valence-electron chi connectivity index (χ4n) is 6.62. The fraction of sp³-hybridized carbons (Fsp3) is 0.700. The average molecular weight is 533 g/mol. The standard InChI is InChI=1S/C30H44O8/c1-8-10-11-12-26(34)37-22-16-23-27(35-20(5)31)38-28(36-21(6)32)30(23)24(17-22)29(7,14-13-18(3)9-2)19(4)15-25(30)33/h9,13,16,19,22,24-25,27-28,33H,2,8,10-12,14-15,17H2,1,3-7H3/b18-13+/t19-,22-,24-,25+,27+,28-,29+,30+/m1/s1. The van der Waals surface area contributed by atoms with Gasteiger partial charge in [0.05, 0.1) is 11.5 Å². The van der Waals surface area contributed by atoms with Crippen molar-refractivity contribution in [3.8, 4) is 0 Å². The van der Waals surface area contributed by atoms with E-state index in [4.69, 9.17) is 18.9 Å². The summed E-state index contributed by atoms with van der Waals surface area (Å²) in [6, 6.07) is 0. The van der Waals surface area contributed by atoms with E-state index in [2.05, 4.69) is 33.4 Å². The Hall–Kier alpha value is -2.45. The summed E-state index contributed by atoms with van der Waals surface area (Å²) in [5, 5.41) is 11.7. The third-order valence-corrected chi connectivity index (χ3v) is 8.85. The van der Waals surface area contributed by atoms with Crippen LogP contribution in [0.15, 0.2) is 36.0 Å². The summed E-state index contributed by atoms with van der Waals surface area (Å²) >= 11 is 0. The maximum Gasteiger partial charge on any atom is 0.306 e. The van der Waals surface area contributed by atoms with Gasteiger partial charge in [0.15, 0.2) is 0 Å². The van der Waals surface area contributed by atoms with Crippen LogP contribution in [0, 0.1) is 22.7 Å². The largest absolute Gasteiger partial charge is 0.458 e. The summed E-state index contributed by atoms with van der Waals surface area (Å²) in [5.41, 5.74) is -0.0331. The van der Waals surface area contributed by atoms with Crippen LogP contribution in [0.4, 0.5) is 0 Å². The van der Waals surface area contributed by atoms with Crippen LogP contribution in [0.5, 0.6) is 0 Å². The molecule has 1 heterocycles. The zero-order valence-electron chi connectivity index (χ0n) is 23.7. The van der Waals surface area contributed by atoms with Gasteiger partial charge in [-0.3, -0.25) is 19.1 Å². The first-order valence-electron chi connectivity index (χ1n) is 13.8. The second-order valence-electron chi connectivity index (χ2n) is 11.4. The Balaban J connectivity index is 2.14. The van der Waals surface area contributed by atoms with Crippen LogP contribution in [-0.4, -0.2) is 47.8 Å². The summed E-state index contributed by atoms with van der Waals surface area (Å²) in [5.74, 6) is -1.67. The molecule has 2 aliphatic carbocycles. The molecule has 0 amide bonds. The number of aliphatic hydroxyl groups is 1. The molecule has 8 nitrogen and oxygen atoms in total. The molecule has 0 unspecified atom stereocenters. The molecule has 1 aliphatic heterocycles. The quantitative estimate of drug-likeness (QED) is 0.135. The van der Waals surface area contributed by atoms with Crippen LogP contribution in [0.1, 0.15) is 86.5 Å². The SMILES string of the molecule is C=C/C(C)=C/C[C@@]1(C)[C@H](C)C[C@H](O)[C@]23C(=C[C@@H](OC(=O)CCCCC)C[C@H]12)[C@@H](OC(C)=O)O[C@H]3OC(C)=O. The number of esters is 3. The maximum absolute atomic E-state index is 12.7. The first-order chi connectivity index (χ1) is 17.9. The average Bonchev–Trinajstić information content (AvgIpc) is 3.13. The third-order valence-electron chi connectivity index (χ3n) is 8.85. The Kier molecular flexibility index (Phi) is 9.63. The summed E-state index contributed by atoms with van der Waals surface area (Å²) in [6.45, 7) is 14.8. The van der Waals surface area contributed by atoms with E-state index in [-0.39, 0.29) is 17.8 Å². The number of carbonyl (C=O) groups excluding carboxylic acids is 3. The van der Waals surface area contributed by atoms with E-state index in [0.29, 0.717) is 31.3 Å². The van der Waals surface area contributed by atoms with Crippen molar-refractivity contribution < 1.29 is 38.4 Å². The van der Waals surface area contributed by atoms with E-state index in [9.17, 15) is 19.5 Å². The summed E-state index contributed by atoms with van der Waals surface area (Å²) in [4.78, 5) is 37.0. The molecular weight excluding hydrogens is 488 g/mol. The highest BCUT2D eigenvalue weighted by Crippen LogP contribution is 2.67. The highest BCUT2D eigenvalue weighted by atomic mass is 16.8. The molecule has 1 saturated heterocycles. The van der Waals surface area contributed by atoms with Gasteiger partial charge in [0.2, 0.25) is 12.6 Å². The molecule has 1 spiro atoms. The zero-order chi connectivity index (χ0) is 28.3. The van der Waals surface area contributed by atoms with E-state index in [0.717, 1.165) is 24.8 Å². The Morgan fingerprint density at radius 2 is 1.82 bits per heavy atom. The van der Waals surface area contributed by atoms with Crippen molar-refractivity contribution >= 4 is 17.9 Å². The van der Waals surface area contributed by atoms with Crippen LogP contribution in [0.3, 0.4) is 0 Å². The van der Waals surface area contributed by atoms with Gasteiger partial charge in [0, 0.05) is 25.8 Å². The molecule has 2 fully saturated rings. The van der Waals surface area contributed by atoms with Crippen LogP contribution in [-0.2, 0) is 33.3 Å². The highest BCUT2D eigenvalue weighted by Gasteiger charge is 2.71. The van der Waals surface area contributed by atoms with Crippen LogP contribution >= 0.6 is 0 Å². The lowest BCUT2D eigenvalue weighted by molar-refractivity contribution is -0.254. The van der Waals surface area contributed by atoms with E-state index < -0.39 is 47.6 Å². The Morgan fingerprint density at radius 3 is 2.42 bits per heavy atom. The Bertz CT molecular complexity index is 983. The molecule has 1 saturated carbocycles. The molecule has 0 aromatic rings. The molecule has 8 heteroatoms. The lowest BCUT2D eigenvalue weighted by atomic mass is 9.45. The van der Waals surface area contributed by atoms with Gasteiger partial charge in [-0.05, 0) is 55.9 Å². The van der Waals surface area contributed by atoms with E-state index in [1.54, 1.807) is 12.2 Å². The lowest BCUT2D eigenvalue weighted by Gasteiger charge is -2.60. The summed E-state index contributed by atoms with van der Waals surface area (Å²) in [6.07, 6.45) is 6.32. The molecule has 212 valence electrons. The van der Waals surface area contributed by atoms with Gasteiger partial charge >= 0.3 is 17.9 Å². The second-order valence-corrected chi connectivity index (χ2v) is 11.4. The summed E-state index contributed by atoms with van der Waals surface area (Å²) in [7, 11) is 0. The Morgan fingerprint density at radius 1 is 1.13 bits per heavy atom. The zero-order valence-corrected chi connectivity index (χ0v) is 23.7. The van der Waals surface area contributed by atoms with Crippen molar-refractivity contribution in [2.45, 2.75) is 111 Å². The van der Waals surface area contributed by atoms with Crippen molar-refractivity contribution in [1.82, 2.24) is 0 Å². The van der Waals surface area contributed by atoms with Crippen LogP contribution in [0.2, 0.25) is 0 Å². The Labute approximate surface area is 226 Å². The molecule has 0 radical (unpaired) electrons. The minimum Gasteiger partial charge on any atom is -0.458 e. The minimum absolute atomic E-state index is 0.0769. The van der Waals surface area contributed by atoms with Crippen molar-refractivity contribution in [3.63, 3.8) is 0 Å². The number of hydrogen-bond acceptors (Lipinski definition) is 8. The highest BCUT2D eigenvalue weighted by molar-refractivity contribution is 5.70. The smallest absolute Gasteiger partial charge is 0.306 e. The van der Waals surface area contributed by atoms with Crippen LogP contribution < -0.4 is 0 Å². The van der Waals surface area contributed by atoms with Crippen LogP contribution in [0.25, 0.3) is 0 Å². The van der Waals surface area contributed by atoms with Gasteiger partial charge in [-0.15, -0.1) is 0 Å². The second kappa shape index (κ2) is 12.2. The first-order valence-corrected chi connectivity index (χ1v) is 13.8. The fourth-order valence-corrected chi connectivity index (χ4v) is 6.62. The molecule has 0 aromatic heterocycles. The van der Waals surface area contributed by atoms with E-state index in [1.165, 1.54) is 13.8 Å². The number of hydrogen-bond donors (Lipinski definition) is 1. The van der Waals surface area contributed by atoms with E-state index >= 15 is 0 Å². The molecule has 3 aliphatic rings. The van der Waals surface area contributed by atoms with Gasteiger partial charge in [-0.2, -0.15) is 0 Å². The number of rotatable bonds is 10. The number of unbranched alkanes of at least 4 members (excludes halogenated alkanes) is 2. The first kappa shape index (κ1) is 30.1. The van der Waals surface area contributed by atoms with Crippen molar-refractivity contribution in [2.24, 2.45) is 22.7 Å². The predicted molar refractivity (Wildman–Crippen MR) is 141 cm³/mol. The number of allylic oxidation sites excluding steroid dienone is 3. The maximum atomic E-state index is 12.7. The predicted octanol–water partition coefficient (Wildman–Crippen LogP) is 5.15. The number of carbonyl (C=O) groups is 3. The van der Waals surface area contributed by atoms with Gasteiger partial charge < -0.3 is 19.3 Å². The monoisotopic (exact) mass is 532 g/mol. The molecule has 8 atom stereocenters. The van der Waals surface area contributed by atoms with E-state index in [1.807, 2.05) is 6.92 Å². The van der Waals surface area contributed by atoms with Crippen molar-refractivity contribution in [2.75, 3.05) is 0 Å². The third kappa shape index (κ3) is 5.76. The molecule has 1 N–H and O–H groups in total. The molecule has 0 aromatic carbocycles. The van der Waals surface area contributed by atoms with Gasteiger partial charge in [0.25, 0.3) is 0 Å². The normalized spacial score (nSPS) is 36.4.